The SMILES string of the molecule is CC1(C)CCCC1(Nc1ccc(Cl)c(Br)c1)C(=O)O. The number of benzene rings is 1. The number of halogens is 2. The lowest BCUT2D eigenvalue weighted by Crippen LogP contribution is -2.53. The third-order valence-corrected chi connectivity index (χ3v) is 5.37. The maximum atomic E-state index is 11.8. The lowest BCUT2D eigenvalue weighted by atomic mass is 9.74. The van der Waals surface area contributed by atoms with Crippen molar-refractivity contribution in [2.45, 2.75) is 38.6 Å². The van der Waals surface area contributed by atoms with Crippen molar-refractivity contribution in [2.75, 3.05) is 5.32 Å². The van der Waals surface area contributed by atoms with Crippen LogP contribution in [0.4, 0.5) is 5.69 Å². The van der Waals surface area contributed by atoms with Crippen molar-refractivity contribution >= 4 is 39.2 Å². The molecule has 0 aliphatic heterocycles. The molecule has 2 N–H and O–H groups in total. The van der Waals surface area contributed by atoms with Crippen LogP contribution in [0.2, 0.25) is 5.02 Å². The minimum atomic E-state index is -0.916. The van der Waals surface area contributed by atoms with Gasteiger partial charge in [-0.3, -0.25) is 0 Å². The lowest BCUT2D eigenvalue weighted by Gasteiger charge is -2.39. The summed E-state index contributed by atoms with van der Waals surface area (Å²) in [6.07, 6.45) is 2.46. The molecule has 1 atom stereocenters. The lowest BCUT2D eigenvalue weighted by molar-refractivity contribution is -0.145. The van der Waals surface area contributed by atoms with Crippen LogP contribution in [0.15, 0.2) is 22.7 Å². The number of rotatable bonds is 3. The van der Waals surface area contributed by atoms with E-state index in [0.717, 1.165) is 23.0 Å². The Bertz CT molecular complexity index is 518. The highest BCUT2D eigenvalue weighted by molar-refractivity contribution is 9.10. The van der Waals surface area contributed by atoms with Gasteiger partial charge in [0.15, 0.2) is 0 Å². The quantitative estimate of drug-likeness (QED) is 0.844. The fourth-order valence-electron chi connectivity index (χ4n) is 2.85. The van der Waals surface area contributed by atoms with Crippen LogP contribution in [0.1, 0.15) is 33.1 Å². The number of carboxylic acids is 1. The summed E-state index contributed by atoms with van der Waals surface area (Å²) in [7, 11) is 0. The largest absolute Gasteiger partial charge is 0.479 e. The first-order chi connectivity index (χ1) is 8.78. The molecule has 1 fully saturated rings. The molecule has 0 saturated heterocycles. The standard InChI is InChI=1S/C14H17BrClNO2/c1-13(2)6-3-7-14(13,12(18)19)17-9-4-5-11(16)10(15)8-9/h4-5,8,17H,3,6-7H2,1-2H3,(H,18,19). The number of nitrogens with one attached hydrogen (secondary N) is 1. The summed E-state index contributed by atoms with van der Waals surface area (Å²) < 4.78 is 0.760. The minimum Gasteiger partial charge on any atom is -0.479 e. The Hall–Kier alpha value is -0.740. The van der Waals surface area contributed by atoms with Crippen molar-refractivity contribution in [3.05, 3.63) is 27.7 Å². The van der Waals surface area contributed by atoms with Crippen LogP contribution in [0, 0.1) is 5.41 Å². The number of hydrogen-bond acceptors (Lipinski definition) is 2. The third-order valence-electron chi connectivity index (χ3n) is 4.15. The Morgan fingerprint density at radius 2 is 2.11 bits per heavy atom. The molecule has 2 rings (SSSR count). The molecular formula is C14H17BrClNO2. The van der Waals surface area contributed by atoms with E-state index in [2.05, 4.69) is 21.2 Å². The summed E-state index contributed by atoms with van der Waals surface area (Å²) in [6.45, 7) is 4.01. The molecule has 3 nitrogen and oxygen atoms in total. The maximum Gasteiger partial charge on any atom is 0.329 e. The van der Waals surface area contributed by atoms with Crippen molar-refractivity contribution < 1.29 is 9.90 Å². The van der Waals surface area contributed by atoms with Crippen molar-refractivity contribution in [1.82, 2.24) is 0 Å². The average molecular weight is 347 g/mol. The monoisotopic (exact) mass is 345 g/mol. The Morgan fingerprint density at radius 3 is 2.58 bits per heavy atom. The van der Waals surface area contributed by atoms with Crippen molar-refractivity contribution in [2.24, 2.45) is 5.41 Å². The summed E-state index contributed by atoms with van der Waals surface area (Å²) in [6, 6.07) is 5.39. The minimum absolute atomic E-state index is 0.287. The van der Waals surface area contributed by atoms with E-state index >= 15 is 0 Å². The van der Waals surface area contributed by atoms with E-state index in [1.807, 2.05) is 26.0 Å². The van der Waals surface area contributed by atoms with E-state index in [1.165, 1.54) is 0 Å². The summed E-state index contributed by atoms with van der Waals surface area (Å²) in [5.74, 6) is -0.791. The van der Waals surface area contributed by atoms with E-state index in [4.69, 9.17) is 11.6 Å². The normalized spacial score (nSPS) is 25.3. The molecule has 1 saturated carbocycles. The van der Waals surface area contributed by atoms with Gasteiger partial charge < -0.3 is 10.4 Å². The van der Waals surface area contributed by atoms with E-state index in [0.29, 0.717) is 11.4 Å². The average Bonchev–Trinajstić information content (AvgIpc) is 2.60. The number of hydrogen-bond donors (Lipinski definition) is 2. The Labute approximate surface area is 126 Å². The summed E-state index contributed by atoms with van der Waals surface area (Å²) >= 11 is 9.32. The molecular weight excluding hydrogens is 330 g/mol. The molecule has 1 aromatic carbocycles. The predicted molar refractivity (Wildman–Crippen MR) is 80.8 cm³/mol. The van der Waals surface area contributed by atoms with Gasteiger partial charge in [-0.05, 0) is 58.8 Å². The smallest absolute Gasteiger partial charge is 0.329 e. The van der Waals surface area contributed by atoms with Crippen LogP contribution >= 0.6 is 27.5 Å². The zero-order chi connectivity index (χ0) is 14.3. The van der Waals surface area contributed by atoms with Gasteiger partial charge in [-0.15, -0.1) is 0 Å². The fourth-order valence-corrected chi connectivity index (χ4v) is 3.35. The molecule has 0 amide bonds. The first kappa shape index (κ1) is 14.7. The second-order valence-corrected chi connectivity index (χ2v) is 6.96. The summed E-state index contributed by atoms with van der Waals surface area (Å²) in [4.78, 5) is 11.8. The molecule has 0 heterocycles. The van der Waals surface area contributed by atoms with Gasteiger partial charge in [-0.25, -0.2) is 4.79 Å². The predicted octanol–water partition coefficient (Wildman–Crippen LogP) is 4.55. The molecule has 0 spiro atoms. The molecule has 104 valence electrons. The van der Waals surface area contributed by atoms with Crippen LogP contribution in [-0.2, 0) is 4.79 Å². The number of aliphatic carboxylic acids is 1. The fraction of sp³-hybridized carbons (Fsp3) is 0.500. The Kier molecular flexibility index (Phi) is 3.85. The highest BCUT2D eigenvalue weighted by Crippen LogP contribution is 2.48. The van der Waals surface area contributed by atoms with Gasteiger partial charge in [0.1, 0.15) is 5.54 Å². The van der Waals surface area contributed by atoms with Gasteiger partial charge in [-0.1, -0.05) is 25.4 Å². The molecule has 0 aromatic heterocycles. The van der Waals surface area contributed by atoms with Gasteiger partial charge in [0, 0.05) is 10.2 Å². The number of anilines is 1. The zero-order valence-corrected chi connectivity index (χ0v) is 13.3. The second kappa shape index (κ2) is 4.98. The summed E-state index contributed by atoms with van der Waals surface area (Å²) in [5.41, 5.74) is -0.431. The van der Waals surface area contributed by atoms with Crippen molar-refractivity contribution in [3.63, 3.8) is 0 Å². The second-order valence-electron chi connectivity index (χ2n) is 5.70. The van der Waals surface area contributed by atoms with Gasteiger partial charge in [0.05, 0.1) is 5.02 Å². The molecule has 0 bridgehead atoms. The molecule has 1 unspecified atom stereocenters. The Balaban J connectivity index is 2.37. The third kappa shape index (κ3) is 2.48. The van der Waals surface area contributed by atoms with Gasteiger partial charge in [-0.2, -0.15) is 0 Å². The van der Waals surface area contributed by atoms with E-state index in [-0.39, 0.29) is 5.41 Å². The van der Waals surface area contributed by atoms with E-state index in [1.54, 1.807) is 6.07 Å². The topological polar surface area (TPSA) is 49.3 Å². The maximum absolute atomic E-state index is 11.8. The van der Waals surface area contributed by atoms with Gasteiger partial charge in [0.2, 0.25) is 0 Å². The molecule has 0 radical (unpaired) electrons. The molecule has 1 aliphatic carbocycles. The van der Waals surface area contributed by atoms with Crippen LogP contribution in [0.3, 0.4) is 0 Å². The number of carboxylic acid groups (broad SMARTS) is 1. The summed E-state index contributed by atoms with van der Waals surface area (Å²) in [5, 5.41) is 13.5. The Morgan fingerprint density at radius 1 is 1.42 bits per heavy atom. The molecule has 1 aromatic rings. The molecule has 19 heavy (non-hydrogen) atoms. The van der Waals surface area contributed by atoms with Crippen LogP contribution in [-0.4, -0.2) is 16.6 Å². The highest BCUT2D eigenvalue weighted by Gasteiger charge is 2.54. The van der Waals surface area contributed by atoms with Crippen molar-refractivity contribution in [1.29, 1.82) is 0 Å². The van der Waals surface area contributed by atoms with Gasteiger partial charge >= 0.3 is 5.97 Å². The van der Waals surface area contributed by atoms with Crippen LogP contribution < -0.4 is 5.32 Å². The van der Waals surface area contributed by atoms with Crippen LogP contribution in [0.25, 0.3) is 0 Å². The highest BCUT2D eigenvalue weighted by atomic mass is 79.9. The van der Waals surface area contributed by atoms with Gasteiger partial charge in [0.25, 0.3) is 0 Å². The van der Waals surface area contributed by atoms with Crippen LogP contribution in [0.5, 0.6) is 0 Å². The van der Waals surface area contributed by atoms with E-state index in [9.17, 15) is 9.90 Å². The first-order valence-corrected chi connectivity index (χ1v) is 7.42. The first-order valence-electron chi connectivity index (χ1n) is 6.25. The molecule has 1 aliphatic rings. The van der Waals surface area contributed by atoms with E-state index < -0.39 is 11.5 Å². The van der Waals surface area contributed by atoms with Crippen molar-refractivity contribution in [3.8, 4) is 0 Å². The zero-order valence-electron chi connectivity index (χ0n) is 11.0. The number of carbonyl (C=O) groups is 1. The molecule has 5 heteroatoms.